The van der Waals surface area contributed by atoms with Crippen molar-refractivity contribution in [3.63, 3.8) is 0 Å². The molecular weight excluding hydrogens is 412 g/mol. The van der Waals surface area contributed by atoms with Gasteiger partial charge in [0.2, 0.25) is 5.91 Å². The highest BCUT2D eigenvalue weighted by atomic mass is 32.2. The van der Waals surface area contributed by atoms with E-state index in [0.29, 0.717) is 0 Å². The number of thiazole rings is 1. The molecule has 0 saturated heterocycles. The van der Waals surface area contributed by atoms with Crippen molar-refractivity contribution in [2.45, 2.75) is 24.3 Å². The Morgan fingerprint density at radius 1 is 1.13 bits per heavy atom. The van der Waals surface area contributed by atoms with Crippen LogP contribution in [-0.4, -0.2) is 20.4 Å². The first-order chi connectivity index (χ1) is 14.6. The van der Waals surface area contributed by atoms with Crippen molar-refractivity contribution in [1.82, 2.24) is 14.5 Å². The molecule has 152 valence electrons. The lowest BCUT2D eigenvalue weighted by molar-refractivity contribution is -0.115. The van der Waals surface area contributed by atoms with Crippen molar-refractivity contribution in [2.24, 2.45) is 7.05 Å². The maximum Gasteiger partial charge on any atom is 0.231 e. The van der Waals surface area contributed by atoms with E-state index in [-0.39, 0.29) is 12.3 Å². The van der Waals surface area contributed by atoms with E-state index in [2.05, 4.69) is 32.0 Å². The summed E-state index contributed by atoms with van der Waals surface area (Å²) in [6.45, 7) is 2.02. The first-order valence-corrected chi connectivity index (χ1v) is 11.4. The molecule has 0 unspecified atom stereocenters. The molecule has 2 aromatic heterocycles. The summed E-state index contributed by atoms with van der Waals surface area (Å²) in [5.74, 6) is 0.666. The van der Waals surface area contributed by atoms with Gasteiger partial charge in [0.25, 0.3) is 0 Å². The number of nitrogens with zero attached hydrogens (tertiary/aromatic N) is 3. The third-order valence-electron chi connectivity index (χ3n) is 4.61. The molecule has 0 aliphatic carbocycles. The molecule has 0 spiro atoms. The van der Waals surface area contributed by atoms with Crippen molar-refractivity contribution < 1.29 is 4.79 Å². The summed E-state index contributed by atoms with van der Waals surface area (Å²) < 4.78 is 2.10. The Morgan fingerprint density at radius 2 is 1.90 bits per heavy atom. The summed E-state index contributed by atoms with van der Waals surface area (Å²) in [5, 5.41) is 6.70. The fourth-order valence-corrected chi connectivity index (χ4v) is 4.76. The summed E-state index contributed by atoms with van der Waals surface area (Å²) in [6.07, 6.45) is 2.18. The Hall–Kier alpha value is -2.90. The normalized spacial score (nSPS) is 10.9. The van der Waals surface area contributed by atoms with Crippen LogP contribution in [0, 0.1) is 6.92 Å². The number of imidazole rings is 1. The molecular formula is C23H22N4OS2. The minimum Gasteiger partial charge on any atom is -0.326 e. The number of nitrogens with one attached hydrogen (secondary N) is 1. The summed E-state index contributed by atoms with van der Waals surface area (Å²) >= 11 is 3.17. The number of anilines is 1. The Labute approximate surface area is 184 Å². The van der Waals surface area contributed by atoms with Gasteiger partial charge in [-0.15, -0.1) is 11.3 Å². The molecule has 1 amide bonds. The van der Waals surface area contributed by atoms with E-state index in [0.717, 1.165) is 38.6 Å². The second-order valence-corrected chi connectivity index (χ2v) is 8.85. The number of rotatable bonds is 7. The molecule has 2 heterocycles. The fraction of sp³-hybridized carbons (Fsp3) is 0.174. The van der Waals surface area contributed by atoms with E-state index in [1.54, 1.807) is 11.8 Å². The van der Waals surface area contributed by atoms with Gasteiger partial charge in [-0.3, -0.25) is 4.79 Å². The van der Waals surface area contributed by atoms with Crippen LogP contribution < -0.4 is 5.32 Å². The zero-order valence-corrected chi connectivity index (χ0v) is 18.5. The molecule has 0 radical (unpaired) electrons. The predicted octanol–water partition coefficient (Wildman–Crippen LogP) is 5.33. The van der Waals surface area contributed by atoms with Crippen molar-refractivity contribution in [3.8, 4) is 11.3 Å². The highest BCUT2D eigenvalue weighted by molar-refractivity contribution is 7.98. The number of amides is 1. The molecule has 0 bridgehead atoms. The van der Waals surface area contributed by atoms with Crippen LogP contribution in [0.4, 0.5) is 5.69 Å². The quantitative estimate of drug-likeness (QED) is 0.400. The summed E-state index contributed by atoms with van der Waals surface area (Å²) in [7, 11) is 2.03. The zero-order chi connectivity index (χ0) is 20.9. The Kier molecular flexibility index (Phi) is 6.30. The van der Waals surface area contributed by atoms with Crippen LogP contribution in [0.3, 0.4) is 0 Å². The molecule has 5 nitrogen and oxygen atoms in total. The highest BCUT2D eigenvalue weighted by Gasteiger charge is 2.12. The molecule has 0 aliphatic heterocycles. The van der Waals surface area contributed by atoms with Gasteiger partial charge in [-0.2, -0.15) is 0 Å². The minimum atomic E-state index is -0.0518. The average Bonchev–Trinajstić information content (AvgIpc) is 3.35. The highest BCUT2D eigenvalue weighted by Crippen LogP contribution is 2.27. The van der Waals surface area contributed by atoms with Gasteiger partial charge in [0, 0.05) is 23.9 Å². The molecule has 0 saturated carbocycles. The van der Waals surface area contributed by atoms with E-state index in [9.17, 15) is 4.79 Å². The standard InChI is InChI=1S/C23H22N4OS2/c1-16-8-10-18(11-9-16)25-21(28)12-22-26-19(14-29-22)15-30-23-24-13-20(27(23)2)17-6-4-3-5-7-17/h3-11,13-14H,12,15H2,1-2H3,(H,25,28). The van der Waals surface area contributed by atoms with Gasteiger partial charge in [-0.1, -0.05) is 59.8 Å². The maximum absolute atomic E-state index is 12.3. The molecule has 7 heteroatoms. The molecule has 2 aromatic carbocycles. The summed E-state index contributed by atoms with van der Waals surface area (Å²) in [6, 6.07) is 18.0. The van der Waals surface area contributed by atoms with E-state index in [1.807, 2.05) is 68.0 Å². The lowest BCUT2D eigenvalue weighted by Crippen LogP contribution is -2.14. The van der Waals surface area contributed by atoms with Gasteiger partial charge in [-0.25, -0.2) is 9.97 Å². The summed E-state index contributed by atoms with van der Waals surface area (Å²) in [5.41, 5.74) is 5.17. The number of carbonyl (C=O) groups is 1. The van der Waals surface area contributed by atoms with Gasteiger partial charge in [-0.05, 0) is 24.6 Å². The molecule has 1 N–H and O–H groups in total. The lowest BCUT2D eigenvalue weighted by atomic mass is 10.2. The first kappa shape index (κ1) is 20.4. The monoisotopic (exact) mass is 434 g/mol. The largest absolute Gasteiger partial charge is 0.326 e. The molecule has 4 aromatic rings. The van der Waals surface area contributed by atoms with Crippen molar-refractivity contribution in [2.75, 3.05) is 5.32 Å². The van der Waals surface area contributed by atoms with Crippen molar-refractivity contribution >= 4 is 34.7 Å². The molecule has 0 aliphatic rings. The van der Waals surface area contributed by atoms with Crippen molar-refractivity contribution in [3.05, 3.63) is 82.4 Å². The topological polar surface area (TPSA) is 59.8 Å². The van der Waals surface area contributed by atoms with Crippen molar-refractivity contribution in [1.29, 1.82) is 0 Å². The fourth-order valence-electron chi connectivity index (χ4n) is 3.02. The minimum absolute atomic E-state index is 0.0518. The molecule has 0 fully saturated rings. The van der Waals surface area contributed by atoms with Crippen LogP contribution in [0.5, 0.6) is 0 Å². The molecule has 4 rings (SSSR count). The zero-order valence-electron chi connectivity index (χ0n) is 16.8. The smallest absolute Gasteiger partial charge is 0.231 e. The van der Waals surface area contributed by atoms with Gasteiger partial charge in [0.15, 0.2) is 5.16 Å². The van der Waals surface area contributed by atoms with E-state index < -0.39 is 0 Å². The average molecular weight is 435 g/mol. The second kappa shape index (κ2) is 9.28. The number of hydrogen-bond donors (Lipinski definition) is 1. The van der Waals surface area contributed by atoms with Crippen LogP contribution in [0.1, 0.15) is 16.3 Å². The number of aryl methyl sites for hydroxylation is 1. The number of hydrogen-bond acceptors (Lipinski definition) is 5. The van der Waals surface area contributed by atoms with Crippen LogP contribution >= 0.6 is 23.1 Å². The van der Waals surface area contributed by atoms with Crippen LogP contribution in [0.25, 0.3) is 11.3 Å². The maximum atomic E-state index is 12.3. The number of thioether (sulfide) groups is 1. The SMILES string of the molecule is Cc1ccc(NC(=O)Cc2nc(CSc3ncc(-c4ccccc4)n3C)cs2)cc1. The first-order valence-electron chi connectivity index (χ1n) is 9.58. The third-order valence-corrected chi connectivity index (χ3v) is 6.59. The van der Waals surface area contributed by atoms with E-state index in [1.165, 1.54) is 16.9 Å². The van der Waals surface area contributed by atoms with Gasteiger partial charge in [0.05, 0.1) is 24.0 Å². The van der Waals surface area contributed by atoms with Crippen LogP contribution in [-0.2, 0) is 24.0 Å². The van der Waals surface area contributed by atoms with Gasteiger partial charge < -0.3 is 9.88 Å². The second-order valence-electron chi connectivity index (χ2n) is 6.96. The third kappa shape index (κ3) is 4.98. The Morgan fingerprint density at radius 3 is 2.67 bits per heavy atom. The number of carbonyl (C=O) groups excluding carboxylic acids is 1. The molecule has 30 heavy (non-hydrogen) atoms. The van der Waals surface area contributed by atoms with E-state index >= 15 is 0 Å². The summed E-state index contributed by atoms with van der Waals surface area (Å²) in [4.78, 5) is 21.4. The van der Waals surface area contributed by atoms with Gasteiger partial charge in [0.1, 0.15) is 5.01 Å². The van der Waals surface area contributed by atoms with Gasteiger partial charge >= 0.3 is 0 Å². The Balaban J connectivity index is 1.33. The number of benzene rings is 2. The number of aromatic nitrogens is 3. The Bertz CT molecular complexity index is 1130. The predicted molar refractivity (Wildman–Crippen MR) is 124 cm³/mol. The molecule has 0 atom stereocenters. The van der Waals surface area contributed by atoms with Crippen LogP contribution in [0.15, 0.2) is 71.3 Å². The lowest BCUT2D eigenvalue weighted by Gasteiger charge is -2.05. The van der Waals surface area contributed by atoms with Crippen LogP contribution in [0.2, 0.25) is 0 Å². The van der Waals surface area contributed by atoms with E-state index in [4.69, 9.17) is 0 Å².